The average Bonchev–Trinajstić information content (AvgIpc) is 2.78. The van der Waals surface area contributed by atoms with Gasteiger partial charge < -0.3 is 9.84 Å². The molecule has 0 saturated carbocycles. The Balaban J connectivity index is 2.01. The number of carbonyl (C=O) groups excluding carboxylic acids is 1. The van der Waals surface area contributed by atoms with Gasteiger partial charge in [0, 0.05) is 16.1 Å². The van der Waals surface area contributed by atoms with Gasteiger partial charge in [-0.3, -0.25) is 9.78 Å². The van der Waals surface area contributed by atoms with Gasteiger partial charge in [0.1, 0.15) is 11.3 Å². The Hall–Kier alpha value is -2.21. The predicted molar refractivity (Wildman–Crippen MR) is 83.4 cm³/mol. The second-order valence-electron chi connectivity index (χ2n) is 4.68. The maximum atomic E-state index is 12.4. The number of aromatic nitrogens is 2. The van der Waals surface area contributed by atoms with Crippen LogP contribution in [0.2, 0.25) is 0 Å². The second-order valence-corrected chi connectivity index (χ2v) is 5.60. The molecule has 1 amide bonds. The first kappa shape index (κ1) is 13.8. The van der Waals surface area contributed by atoms with Crippen LogP contribution in [0.3, 0.4) is 0 Å². The van der Waals surface area contributed by atoms with E-state index >= 15 is 0 Å². The molecule has 3 rings (SSSR count). The lowest BCUT2D eigenvalue weighted by molar-refractivity contribution is 0.102. The Morgan fingerprint density at radius 3 is 2.86 bits per heavy atom. The number of benzene rings is 1. The molecule has 21 heavy (non-hydrogen) atoms. The number of rotatable bonds is 2. The zero-order valence-corrected chi connectivity index (χ0v) is 13.1. The van der Waals surface area contributed by atoms with Crippen LogP contribution >= 0.6 is 15.9 Å². The Morgan fingerprint density at radius 2 is 2.14 bits per heavy atom. The first-order valence-electron chi connectivity index (χ1n) is 6.35. The Kier molecular flexibility index (Phi) is 3.47. The van der Waals surface area contributed by atoms with Gasteiger partial charge in [0.2, 0.25) is 0 Å². The van der Waals surface area contributed by atoms with E-state index in [1.165, 1.54) is 0 Å². The molecule has 0 saturated heterocycles. The van der Waals surface area contributed by atoms with Crippen LogP contribution in [0.4, 0.5) is 5.69 Å². The number of pyridine rings is 1. The largest absolute Gasteiger partial charge is 0.361 e. The Labute approximate surface area is 129 Å². The first-order valence-corrected chi connectivity index (χ1v) is 7.14. The van der Waals surface area contributed by atoms with Crippen LogP contribution in [-0.4, -0.2) is 16.0 Å². The van der Waals surface area contributed by atoms with E-state index in [2.05, 4.69) is 31.4 Å². The van der Waals surface area contributed by atoms with Crippen LogP contribution in [0.5, 0.6) is 0 Å². The van der Waals surface area contributed by atoms with Gasteiger partial charge in [-0.1, -0.05) is 17.3 Å². The molecule has 0 unspecified atom stereocenters. The van der Waals surface area contributed by atoms with Crippen LogP contribution < -0.4 is 5.32 Å². The smallest absolute Gasteiger partial charge is 0.261 e. The predicted octanol–water partition coefficient (Wildman–Crippen LogP) is 3.85. The van der Waals surface area contributed by atoms with Crippen molar-refractivity contribution in [3.63, 3.8) is 0 Å². The third-order valence-electron chi connectivity index (χ3n) is 3.19. The molecule has 1 N–H and O–H groups in total. The lowest BCUT2D eigenvalue weighted by Gasteiger charge is -2.08. The average molecular weight is 346 g/mol. The van der Waals surface area contributed by atoms with Crippen molar-refractivity contribution in [3.05, 3.63) is 52.0 Å². The summed E-state index contributed by atoms with van der Waals surface area (Å²) in [6.07, 6.45) is 1.70. The minimum Gasteiger partial charge on any atom is -0.361 e. The molecule has 5 nitrogen and oxygen atoms in total. The van der Waals surface area contributed by atoms with Crippen LogP contribution in [-0.2, 0) is 0 Å². The monoisotopic (exact) mass is 345 g/mol. The minimum absolute atomic E-state index is 0.247. The second kappa shape index (κ2) is 5.29. The number of fused-ring (bicyclic) bond motifs is 1. The molecule has 0 radical (unpaired) electrons. The highest BCUT2D eigenvalue weighted by Crippen LogP contribution is 2.25. The summed E-state index contributed by atoms with van der Waals surface area (Å²) in [6.45, 7) is 3.46. The van der Waals surface area contributed by atoms with E-state index < -0.39 is 0 Å². The molecule has 2 aromatic heterocycles. The van der Waals surface area contributed by atoms with Crippen molar-refractivity contribution in [1.29, 1.82) is 0 Å². The third kappa shape index (κ3) is 2.54. The standard InChI is InChI=1S/C15H12BrN3O2/c1-8-13(9(2)21-19-8)15(20)18-12-5-3-4-10-6-11(16)7-17-14(10)12/h3-7H,1-2H3,(H,18,20). The fourth-order valence-corrected chi connectivity index (χ4v) is 2.58. The highest BCUT2D eigenvalue weighted by Gasteiger charge is 2.18. The van der Waals surface area contributed by atoms with Crippen molar-refractivity contribution in [1.82, 2.24) is 10.1 Å². The Bertz CT molecular complexity index is 823. The molecular weight excluding hydrogens is 334 g/mol. The number of para-hydroxylation sites is 1. The van der Waals surface area contributed by atoms with Gasteiger partial charge in [-0.05, 0) is 41.9 Å². The molecule has 106 valence electrons. The van der Waals surface area contributed by atoms with E-state index in [-0.39, 0.29) is 5.91 Å². The van der Waals surface area contributed by atoms with Crippen molar-refractivity contribution in [2.24, 2.45) is 0 Å². The number of halogens is 1. The van der Waals surface area contributed by atoms with Crippen molar-refractivity contribution >= 4 is 38.4 Å². The Morgan fingerprint density at radius 1 is 1.33 bits per heavy atom. The first-order chi connectivity index (χ1) is 10.1. The molecule has 0 bridgehead atoms. The number of amides is 1. The molecule has 0 atom stereocenters. The van der Waals surface area contributed by atoms with Gasteiger partial charge in [-0.15, -0.1) is 0 Å². The summed E-state index contributed by atoms with van der Waals surface area (Å²) < 4.78 is 5.92. The van der Waals surface area contributed by atoms with Crippen LogP contribution in [0.15, 0.2) is 39.5 Å². The molecule has 0 aliphatic carbocycles. The molecule has 3 aromatic rings. The van der Waals surface area contributed by atoms with Gasteiger partial charge in [0.15, 0.2) is 0 Å². The van der Waals surface area contributed by atoms with Crippen LogP contribution in [0.1, 0.15) is 21.8 Å². The van der Waals surface area contributed by atoms with Crippen molar-refractivity contribution in [3.8, 4) is 0 Å². The number of hydrogen-bond donors (Lipinski definition) is 1. The van der Waals surface area contributed by atoms with E-state index in [4.69, 9.17) is 4.52 Å². The molecule has 0 aliphatic rings. The summed E-state index contributed by atoms with van der Waals surface area (Å²) >= 11 is 3.39. The van der Waals surface area contributed by atoms with Crippen LogP contribution in [0.25, 0.3) is 10.9 Å². The number of nitrogens with zero attached hydrogens (tertiary/aromatic N) is 2. The van der Waals surface area contributed by atoms with E-state index in [1.807, 2.05) is 24.3 Å². The van der Waals surface area contributed by atoms with E-state index in [0.29, 0.717) is 22.7 Å². The van der Waals surface area contributed by atoms with Gasteiger partial charge in [-0.2, -0.15) is 0 Å². The summed E-state index contributed by atoms with van der Waals surface area (Å²) in [5, 5.41) is 7.61. The minimum atomic E-state index is -0.247. The van der Waals surface area contributed by atoms with Crippen molar-refractivity contribution < 1.29 is 9.32 Å². The SMILES string of the molecule is Cc1noc(C)c1C(=O)Nc1cccc2cc(Br)cnc12. The summed E-state index contributed by atoms with van der Waals surface area (Å²) in [6, 6.07) is 7.59. The van der Waals surface area contributed by atoms with Crippen LogP contribution in [0, 0.1) is 13.8 Å². The molecule has 6 heteroatoms. The van der Waals surface area contributed by atoms with Crippen molar-refractivity contribution in [2.45, 2.75) is 13.8 Å². The summed E-state index contributed by atoms with van der Waals surface area (Å²) in [7, 11) is 0. The van der Waals surface area contributed by atoms with E-state index in [9.17, 15) is 4.79 Å². The fraction of sp³-hybridized carbons (Fsp3) is 0.133. The number of hydrogen-bond acceptors (Lipinski definition) is 4. The lowest BCUT2D eigenvalue weighted by Crippen LogP contribution is -2.14. The number of aryl methyl sites for hydroxylation is 2. The zero-order valence-electron chi connectivity index (χ0n) is 11.5. The van der Waals surface area contributed by atoms with Gasteiger partial charge >= 0.3 is 0 Å². The quantitative estimate of drug-likeness (QED) is 0.765. The third-order valence-corrected chi connectivity index (χ3v) is 3.62. The molecular formula is C15H12BrN3O2. The number of carbonyl (C=O) groups is 1. The number of nitrogens with one attached hydrogen (secondary N) is 1. The van der Waals surface area contributed by atoms with Gasteiger partial charge in [0.25, 0.3) is 5.91 Å². The highest BCUT2D eigenvalue weighted by atomic mass is 79.9. The molecule has 1 aromatic carbocycles. The number of anilines is 1. The maximum Gasteiger partial charge on any atom is 0.261 e. The van der Waals surface area contributed by atoms with E-state index in [0.717, 1.165) is 15.4 Å². The fourth-order valence-electron chi connectivity index (χ4n) is 2.23. The summed E-state index contributed by atoms with van der Waals surface area (Å²) in [4.78, 5) is 16.7. The topological polar surface area (TPSA) is 68.0 Å². The summed E-state index contributed by atoms with van der Waals surface area (Å²) in [5.41, 5.74) is 2.43. The van der Waals surface area contributed by atoms with Crippen molar-refractivity contribution in [2.75, 3.05) is 5.32 Å². The maximum absolute atomic E-state index is 12.4. The van der Waals surface area contributed by atoms with Gasteiger partial charge in [-0.25, -0.2) is 0 Å². The normalized spacial score (nSPS) is 10.8. The molecule has 0 spiro atoms. The molecule has 0 aliphatic heterocycles. The molecule has 2 heterocycles. The summed E-state index contributed by atoms with van der Waals surface area (Å²) in [5.74, 6) is 0.254. The zero-order chi connectivity index (χ0) is 15.0. The molecule has 0 fully saturated rings. The van der Waals surface area contributed by atoms with E-state index in [1.54, 1.807) is 20.0 Å². The highest BCUT2D eigenvalue weighted by molar-refractivity contribution is 9.10. The van der Waals surface area contributed by atoms with Gasteiger partial charge in [0.05, 0.1) is 16.9 Å². The lowest BCUT2D eigenvalue weighted by atomic mass is 10.1.